The molecule has 1 saturated heterocycles. The summed E-state index contributed by atoms with van der Waals surface area (Å²) in [4.78, 5) is 14.3. The van der Waals surface area contributed by atoms with Crippen LogP contribution < -0.4 is 4.74 Å². The van der Waals surface area contributed by atoms with Crippen molar-refractivity contribution in [1.82, 2.24) is 15.1 Å². The number of β-amino-alcohol motifs (C(OH)–C–C–N with tert-alkyl or cyclic N) is 1. The van der Waals surface area contributed by atoms with E-state index in [4.69, 9.17) is 4.74 Å². The normalized spacial score (nSPS) is 19.1. The third kappa shape index (κ3) is 3.85. The lowest BCUT2D eigenvalue weighted by molar-refractivity contribution is -0.128. The molecule has 1 fully saturated rings. The number of nitriles is 1. The maximum absolute atomic E-state index is 12.5. The van der Waals surface area contributed by atoms with Gasteiger partial charge < -0.3 is 14.7 Å². The van der Waals surface area contributed by atoms with Crippen LogP contribution in [0.25, 0.3) is 21.1 Å². The molecule has 3 aromatic rings. The van der Waals surface area contributed by atoms with E-state index in [0.717, 1.165) is 34.0 Å². The van der Waals surface area contributed by atoms with E-state index in [1.165, 1.54) is 22.5 Å². The van der Waals surface area contributed by atoms with Crippen molar-refractivity contribution in [2.75, 3.05) is 19.7 Å². The SMILES string of the molecule is CC(C)Oc1ccc(-c2nnc(-c3cccc4c3CCC43CC(=O)N(CCO)C3)s2)cc1C#N. The standard InChI is InChI=1S/C26H26N4O3S/c1-16(2)33-22-7-6-17(12-18(22)14-27)24-28-29-25(34-24)20-4-3-5-21-19(20)8-9-26(21)13-23(32)30(15-26)10-11-31/h3-7,12,16,31H,8-11,13,15H2,1-2H3. The summed E-state index contributed by atoms with van der Waals surface area (Å²) in [6, 6.07) is 14.0. The number of likely N-dealkylation sites (tertiary alicyclic amines) is 1. The molecule has 1 aliphatic heterocycles. The Balaban J connectivity index is 1.46. The lowest BCUT2D eigenvalue weighted by Gasteiger charge is -2.24. The highest BCUT2D eigenvalue weighted by Crippen LogP contribution is 2.49. The first-order chi connectivity index (χ1) is 16.4. The number of aromatic nitrogens is 2. The number of nitrogens with zero attached hydrogens (tertiary/aromatic N) is 4. The second-order valence-corrected chi connectivity index (χ2v) is 10.2. The smallest absolute Gasteiger partial charge is 0.223 e. The van der Waals surface area contributed by atoms with E-state index in [-0.39, 0.29) is 24.0 Å². The topological polar surface area (TPSA) is 99.3 Å². The Morgan fingerprint density at radius 2 is 2.09 bits per heavy atom. The number of hydrogen-bond acceptors (Lipinski definition) is 7. The molecule has 0 saturated carbocycles. The van der Waals surface area contributed by atoms with Crippen LogP contribution in [0.3, 0.4) is 0 Å². The van der Waals surface area contributed by atoms with Crippen molar-refractivity contribution in [3.63, 3.8) is 0 Å². The van der Waals surface area contributed by atoms with Crippen LogP contribution in [-0.2, 0) is 16.6 Å². The van der Waals surface area contributed by atoms with Gasteiger partial charge in [-0.2, -0.15) is 5.26 Å². The largest absolute Gasteiger partial charge is 0.490 e. The Kier molecular flexibility index (Phi) is 5.84. The molecule has 2 aromatic carbocycles. The van der Waals surface area contributed by atoms with Gasteiger partial charge in [0.15, 0.2) is 0 Å². The van der Waals surface area contributed by atoms with Crippen molar-refractivity contribution in [1.29, 1.82) is 5.26 Å². The van der Waals surface area contributed by atoms with Gasteiger partial charge in [-0.25, -0.2) is 0 Å². The number of benzene rings is 2. The predicted molar refractivity (Wildman–Crippen MR) is 130 cm³/mol. The molecule has 1 aliphatic carbocycles. The number of hydrogen-bond donors (Lipinski definition) is 1. The second kappa shape index (κ2) is 8.82. The molecule has 1 aromatic heterocycles. The number of rotatable bonds is 6. The average molecular weight is 475 g/mol. The Morgan fingerprint density at radius 3 is 2.85 bits per heavy atom. The Labute approximate surface area is 202 Å². The summed E-state index contributed by atoms with van der Waals surface area (Å²) in [7, 11) is 0. The third-order valence-electron chi connectivity index (χ3n) is 6.67. The van der Waals surface area contributed by atoms with Crippen LogP contribution in [0, 0.1) is 11.3 Å². The molecule has 1 spiro atoms. The van der Waals surface area contributed by atoms with Gasteiger partial charge in [0.1, 0.15) is 21.8 Å². The predicted octanol–water partition coefficient (Wildman–Crippen LogP) is 3.94. The van der Waals surface area contributed by atoms with E-state index < -0.39 is 0 Å². The summed E-state index contributed by atoms with van der Waals surface area (Å²) < 4.78 is 5.73. The first-order valence-electron chi connectivity index (χ1n) is 11.5. The molecule has 1 unspecified atom stereocenters. The molecule has 0 bridgehead atoms. The quantitative estimate of drug-likeness (QED) is 0.581. The fourth-order valence-corrected chi connectivity index (χ4v) is 6.08. The van der Waals surface area contributed by atoms with Crippen molar-refractivity contribution >= 4 is 17.2 Å². The van der Waals surface area contributed by atoms with Gasteiger partial charge in [0.25, 0.3) is 0 Å². The lowest BCUT2D eigenvalue weighted by atomic mass is 9.80. The number of fused-ring (bicyclic) bond motifs is 2. The minimum atomic E-state index is -0.181. The molecular weight excluding hydrogens is 448 g/mol. The molecule has 174 valence electrons. The number of amides is 1. The summed E-state index contributed by atoms with van der Waals surface area (Å²) in [6.45, 7) is 4.90. The van der Waals surface area contributed by atoms with E-state index in [9.17, 15) is 15.2 Å². The molecular formula is C26H26N4O3S. The Hall–Kier alpha value is -3.28. The third-order valence-corrected chi connectivity index (χ3v) is 7.68. The summed E-state index contributed by atoms with van der Waals surface area (Å²) in [5.41, 5.74) is 4.65. The van der Waals surface area contributed by atoms with Gasteiger partial charge in [0.2, 0.25) is 5.91 Å². The fraction of sp³-hybridized carbons (Fsp3) is 0.385. The molecule has 34 heavy (non-hydrogen) atoms. The van der Waals surface area contributed by atoms with Crippen molar-refractivity contribution in [3.05, 3.63) is 53.1 Å². The average Bonchev–Trinajstić information content (AvgIpc) is 3.52. The van der Waals surface area contributed by atoms with Crippen LogP contribution in [0.1, 0.15) is 43.4 Å². The van der Waals surface area contributed by atoms with Gasteiger partial charge in [0.05, 0.1) is 18.3 Å². The van der Waals surface area contributed by atoms with Crippen LogP contribution in [0.15, 0.2) is 36.4 Å². The lowest BCUT2D eigenvalue weighted by Crippen LogP contribution is -2.32. The molecule has 1 amide bonds. The summed E-state index contributed by atoms with van der Waals surface area (Å²) >= 11 is 1.50. The number of aliphatic hydroxyl groups excluding tert-OH is 1. The zero-order valence-electron chi connectivity index (χ0n) is 19.2. The maximum Gasteiger partial charge on any atom is 0.223 e. The minimum absolute atomic E-state index is 0.0135. The van der Waals surface area contributed by atoms with Gasteiger partial charge in [0, 0.05) is 36.1 Å². The van der Waals surface area contributed by atoms with Crippen LogP contribution in [0.4, 0.5) is 0 Å². The highest BCUT2D eigenvalue weighted by molar-refractivity contribution is 7.17. The number of ether oxygens (including phenoxy) is 1. The van der Waals surface area contributed by atoms with Gasteiger partial charge in [-0.15, -0.1) is 10.2 Å². The van der Waals surface area contributed by atoms with Gasteiger partial charge in [-0.3, -0.25) is 4.79 Å². The van der Waals surface area contributed by atoms with Crippen LogP contribution in [0.2, 0.25) is 0 Å². The van der Waals surface area contributed by atoms with E-state index in [2.05, 4.69) is 28.4 Å². The highest BCUT2D eigenvalue weighted by atomic mass is 32.1. The number of aliphatic hydroxyl groups is 1. The van der Waals surface area contributed by atoms with E-state index in [0.29, 0.717) is 30.8 Å². The Morgan fingerprint density at radius 1 is 1.26 bits per heavy atom. The molecule has 2 aliphatic rings. The summed E-state index contributed by atoms with van der Waals surface area (Å²) in [5, 5.41) is 29.4. The zero-order chi connectivity index (χ0) is 23.9. The second-order valence-electron chi connectivity index (χ2n) is 9.23. The molecule has 0 radical (unpaired) electrons. The van der Waals surface area contributed by atoms with E-state index in [1.807, 2.05) is 32.0 Å². The van der Waals surface area contributed by atoms with Gasteiger partial charge >= 0.3 is 0 Å². The molecule has 7 nitrogen and oxygen atoms in total. The van der Waals surface area contributed by atoms with Crippen molar-refractivity contribution in [2.45, 2.75) is 44.6 Å². The van der Waals surface area contributed by atoms with Crippen LogP contribution in [0.5, 0.6) is 5.75 Å². The highest BCUT2D eigenvalue weighted by Gasteiger charge is 2.48. The molecule has 8 heteroatoms. The molecule has 1 atom stereocenters. The monoisotopic (exact) mass is 474 g/mol. The van der Waals surface area contributed by atoms with Crippen molar-refractivity contribution in [2.24, 2.45) is 0 Å². The maximum atomic E-state index is 12.5. The van der Waals surface area contributed by atoms with Gasteiger partial charge in [-0.05, 0) is 56.0 Å². The van der Waals surface area contributed by atoms with Crippen LogP contribution in [-0.4, -0.2) is 51.9 Å². The first kappa shape index (κ1) is 22.5. The molecule has 5 rings (SSSR count). The van der Waals surface area contributed by atoms with Crippen molar-refractivity contribution in [3.8, 4) is 33.0 Å². The summed E-state index contributed by atoms with van der Waals surface area (Å²) in [6.07, 6.45) is 2.29. The van der Waals surface area contributed by atoms with Gasteiger partial charge in [-0.1, -0.05) is 29.5 Å². The Bertz CT molecular complexity index is 1300. The number of carbonyl (C=O) groups is 1. The fourth-order valence-electron chi connectivity index (χ4n) is 5.19. The minimum Gasteiger partial charge on any atom is -0.490 e. The molecule has 2 heterocycles. The van der Waals surface area contributed by atoms with E-state index >= 15 is 0 Å². The van der Waals surface area contributed by atoms with E-state index in [1.54, 1.807) is 11.0 Å². The van der Waals surface area contributed by atoms with Crippen molar-refractivity contribution < 1.29 is 14.6 Å². The van der Waals surface area contributed by atoms with Crippen LogP contribution >= 0.6 is 11.3 Å². The summed E-state index contributed by atoms with van der Waals surface area (Å²) in [5.74, 6) is 0.683. The zero-order valence-corrected chi connectivity index (χ0v) is 20.1. The number of carbonyl (C=O) groups excluding carboxylic acids is 1. The molecule has 1 N–H and O–H groups in total. The first-order valence-corrected chi connectivity index (χ1v) is 12.3.